The summed E-state index contributed by atoms with van der Waals surface area (Å²) in [5.41, 5.74) is 7.33. The van der Waals surface area contributed by atoms with Crippen molar-refractivity contribution in [1.29, 1.82) is 0 Å². The standard InChI is InChI=1S/C26H26N6/c1-2-13-32(12-1)14-11-28-25-8-4-20(16-30-25)24-17-29-23-7-5-21(26(23)31-24)18-3-6-22-19(15-18)9-10-27-22/h3-6,8-10,15-17,27H,1-2,7,11-14H2,(H,28,30). The van der Waals surface area contributed by atoms with Crippen LogP contribution in [0.15, 0.2) is 61.1 Å². The number of aromatic amines is 1. The molecule has 0 unspecified atom stereocenters. The van der Waals surface area contributed by atoms with Gasteiger partial charge in [-0.15, -0.1) is 0 Å². The third kappa shape index (κ3) is 3.67. The number of hydrogen-bond donors (Lipinski definition) is 2. The fraction of sp³-hybridized carbons (Fsp3) is 0.269. The number of allylic oxidation sites excluding steroid dienone is 1. The zero-order valence-electron chi connectivity index (χ0n) is 18.0. The largest absolute Gasteiger partial charge is 0.369 e. The normalized spacial score (nSPS) is 15.8. The second-order valence-corrected chi connectivity index (χ2v) is 8.56. The molecule has 3 aromatic heterocycles. The van der Waals surface area contributed by atoms with E-state index in [1.807, 2.05) is 24.7 Å². The molecule has 6 nitrogen and oxygen atoms in total. The molecule has 0 spiro atoms. The van der Waals surface area contributed by atoms with Crippen molar-refractivity contribution >= 4 is 22.3 Å². The van der Waals surface area contributed by atoms with Crippen LogP contribution in [0.1, 0.15) is 29.8 Å². The van der Waals surface area contributed by atoms with Crippen LogP contribution in [0.3, 0.4) is 0 Å². The maximum atomic E-state index is 4.99. The van der Waals surface area contributed by atoms with Crippen molar-refractivity contribution in [1.82, 2.24) is 24.8 Å². The average Bonchev–Trinajstić information content (AvgIpc) is 3.59. The van der Waals surface area contributed by atoms with Crippen LogP contribution in [0, 0.1) is 0 Å². The van der Waals surface area contributed by atoms with E-state index in [9.17, 15) is 0 Å². The zero-order valence-corrected chi connectivity index (χ0v) is 18.0. The van der Waals surface area contributed by atoms with E-state index in [1.54, 1.807) is 0 Å². The van der Waals surface area contributed by atoms with Gasteiger partial charge in [0.15, 0.2) is 0 Å². The van der Waals surface area contributed by atoms with E-state index < -0.39 is 0 Å². The van der Waals surface area contributed by atoms with E-state index in [0.29, 0.717) is 0 Å². The maximum absolute atomic E-state index is 4.99. The minimum absolute atomic E-state index is 0.821. The van der Waals surface area contributed by atoms with Gasteiger partial charge >= 0.3 is 0 Å². The van der Waals surface area contributed by atoms with Crippen molar-refractivity contribution in [2.75, 3.05) is 31.5 Å². The van der Waals surface area contributed by atoms with Crippen LogP contribution in [0.25, 0.3) is 27.7 Å². The Hall–Kier alpha value is -3.51. The van der Waals surface area contributed by atoms with Crippen LogP contribution in [0.4, 0.5) is 5.82 Å². The number of aromatic nitrogens is 4. The Morgan fingerprint density at radius 1 is 0.969 bits per heavy atom. The van der Waals surface area contributed by atoms with Crippen LogP contribution >= 0.6 is 0 Å². The van der Waals surface area contributed by atoms with Gasteiger partial charge in [-0.3, -0.25) is 4.98 Å². The predicted molar refractivity (Wildman–Crippen MR) is 129 cm³/mol. The average molecular weight is 423 g/mol. The predicted octanol–water partition coefficient (Wildman–Crippen LogP) is 4.52. The highest BCUT2D eigenvalue weighted by atomic mass is 15.2. The van der Waals surface area contributed by atoms with Gasteiger partial charge in [-0.25, -0.2) is 9.97 Å². The molecular weight excluding hydrogens is 396 g/mol. The highest BCUT2D eigenvalue weighted by molar-refractivity contribution is 5.89. The van der Waals surface area contributed by atoms with Crippen molar-refractivity contribution in [3.63, 3.8) is 0 Å². The molecule has 160 valence electrons. The Bertz CT molecular complexity index is 1280. The van der Waals surface area contributed by atoms with Gasteiger partial charge in [0.2, 0.25) is 0 Å². The molecule has 0 atom stereocenters. The topological polar surface area (TPSA) is 69.7 Å². The summed E-state index contributed by atoms with van der Waals surface area (Å²) < 4.78 is 0. The van der Waals surface area contributed by atoms with Crippen LogP contribution in [-0.4, -0.2) is 51.0 Å². The number of benzene rings is 1. The van der Waals surface area contributed by atoms with Gasteiger partial charge in [0.1, 0.15) is 5.82 Å². The highest BCUT2D eigenvalue weighted by Gasteiger charge is 2.20. The molecule has 6 rings (SSSR count). The molecule has 0 radical (unpaired) electrons. The number of anilines is 1. The lowest BCUT2D eigenvalue weighted by atomic mass is 10.0. The lowest BCUT2D eigenvalue weighted by Crippen LogP contribution is -2.26. The number of rotatable bonds is 6. The Kier molecular flexibility index (Phi) is 4.92. The van der Waals surface area contributed by atoms with E-state index >= 15 is 0 Å². The summed E-state index contributed by atoms with van der Waals surface area (Å²) in [6.07, 6.45) is 11.4. The van der Waals surface area contributed by atoms with E-state index in [4.69, 9.17) is 9.97 Å². The van der Waals surface area contributed by atoms with Gasteiger partial charge < -0.3 is 15.2 Å². The summed E-state index contributed by atoms with van der Waals surface area (Å²) in [7, 11) is 0. The summed E-state index contributed by atoms with van der Waals surface area (Å²) >= 11 is 0. The molecule has 1 aliphatic carbocycles. The van der Waals surface area contributed by atoms with E-state index in [2.05, 4.69) is 56.6 Å². The number of pyridine rings is 1. The molecule has 1 aliphatic heterocycles. The summed E-state index contributed by atoms with van der Waals surface area (Å²) in [6.45, 7) is 4.44. The molecule has 1 fully saturated rings. The lowest BCUT2D eigenvalue weighted by Gasteiger charge is -2.15. The molecule has 4 aromatic rings. The molecule has 0 amide bonds. The van der Waals surface area contributed by atoms with Crippen LogP contribution in [-0.2, 0) is 6.42 Å². The Labute approximate surface area is 187 Å². The monoisotopic (exact) mass is 422 g/mol. The molecule has 4 heterocycles. The summed E-state index contributed by atoms with van der Waals surface area (Å²) in [4.78, 5) is 20.1. The van der Waals surface area contributed by atoms with E-state index in [-0.39, 0.29) is 0 Å². The minimum atomic E-state index is 0.821. The summed E-state index contributed by atoms with van der Waals surface area (Å²) in [5, 5.41) is 4.64. The fourth-order valence-corrected chi connectivity index (χ4v) is 4.69. The number of H-pyrrole nitrogens is 1. The first-order valence-electron chi connectivity index (χ1n) is 11.4. The number of nitrogens with one attached hydrogen (secondary N) is 2. The number of nitrogens with zero attached hydrogens (tertiary/aromatic N) is 4. The van der Waals surface area contributed by atoms with Gasteiger partial charge in [-0.1, -0.05) is 12.1 Å². The molecule has 32 heavy (non-hydrogen) atoms. The summed E-state index contributed by atoms with van der Waals surface area (Å²) in [6, 6.07) is 12.7. The van der Waals surface area contributed by atoms with Crippen molar-refractivity contribution in [2.24, 2.45) is 0 Å². The molecule has 1 aromatic carbocycles. The molecule has 6 heteroatoms. The van der Waals surface area contributed by atoms with Crippen LogP contribution in [0.5, 0.6) is 0 Å². The molecule has 0 bridgehead atoms. The van der Waals surface area contributed by atoms with Gasteiger partial charge in [-0.05, 0) is 67.2 Å². The molecule has 0 saturated carbocycles. The van der Waals surface area contributed by atoms with Crippen molar-refractivity contribution in [2.45, 2.75) is 19.3 Å². The van der Waals surface area contributed by atoms with Crippen LogP contribution in [0.2, 0.25) is 0 Å². The van der Waals surface area contributed by atoms with Gasteiger partial charge in [0.05, 0.1) is 23.3 Å². The van der Waals surface area contributed by atoms with Gasteiger partial charge in [0, 0.05) is 48.6 Å². The van der Waals surface area contributed by atoms with Gasteiger partial charge in [0.25, 0.3) is 0 Å². The first-order valence-corrected chi connectivity index (χ1v) is 11.4. The first-order chi connectivity index (χ1) is 15.8. The first kappa shape index (κ1) is 19.2. The van der Waals surface area contributed by atoms with Crippen LogP contribution < -0.4 is 5.32 Å². The van der Waals surface area contributed by atoms with Crippen molar-refractivity contribution < 1.29 is 0 Å². The Morgan fingerprint density at radius 3 is 2.75 bits per heavy atom. The second kappa shape index (κ2) is 8.20. The highest BCUT2D eigenvalue weighted by Crippen LogP contribution is 2.33. The second-order valence-electron chi connectivity index (χ2n) is 8.56. The van der Waals surface area contributed by atoms with E-state index in [0.717, 1.165) is 59.1 Å². The smallest absolute Gasteiger partial charge is 0.125 e. The maximum Gasteiger partial charge on any atom is 0.125 e. The third-order valence-corrected chi connectivity index (χ3v) is 6.46. The Morgan fingerprint density at radius 2 is 1.88 bits per heavy atom. The SMILES string of the molecule is C1=C(c2ccc3[nH]ccc3c2)c2nc(-c3ccc(NCCN4CCCC4)nc3)cnc2C1. The molecular formula is C26H26N6. The van der Waals surface area contributed by atoms with Gasteiger partial charge in [-0.2, -0.15) is 0 Å². The lowest BCUT2D eigenvalue weighted by molar-refractivity contribution is 0.352. The quantitative estimate of drug-likeness (QED) is 0.478. The minimum Gasteiger partial charge on any atom is -0.369 e. The number of fused-ring (bicyclic) bond motifs is 2. The molecule has 2 N–H and O–H groups in total. The molecule has 1 saturated heterocycles. The number of likely N-dealkylation sites (tertiary alicyclic amines) is 1. The molecule has 2 aliphatic rings. The summed E-state index contributed by atoms with van der Waals surface area (Å²) in [5.74, 6) is 0.905. The third-order valence-electron chi connectivity index (χ3n) is 6.46. The number of hydrogen-bond acceptors (Lipinski definition) is 5. The zero-order chi connectivity index (χ0) is 21.3. The van der Waals surface area contributed by atoms with E-state index in [1.165, 1.54) is 36.9 Å². The fourth-order valence-electron chi connectivity index (χ4n) is 4.69. The van der Waals surface area contributed by atoms with Crippen molar-refractivity contribution in [3.8, 4) is 11.3 Å². The Balaban J connectivity index is 1.20. The van der Waals surface area contributed by atoms with Crippen molar-refractivity contribution in [3.05, 3.63) is 78.0 Å².